The van der Waals surface area contributed by atoms with Crippen LogP contribution in [0.15, 0.2) is 62.4 Å². The third-order valence-corrected chi connectivity index (χ3v) is 7.64. The molecule has 4 aromatic heterocycles. The number of hydrogen-bond acceptors (Lipinski definition) is 8. The molecule has 0 radical (unpaired) electrons. The van der Waals surface area contributed by atoms with E-state index in [0.29, 0.717) is 17.3 Å². The summed E-state index contributed by atoms with van der Waals surface area (Å²) in [4.78, 5) is 6.65. The molecule has 30 heavy (non-hydrogen) atoms. The molecule has 0 N–H and O–H groups in total. The Bertz CT molecular complexity index is 1500. The molecule has 0 spiro atoms. The Kier molecular flexibility index (Phi) is 4.16. The Morgan fingerprint density at radius 3 is 2.77 bits per heavy atom. The number of nitrogens with zero attached hydrogens (tertiary/aromatic N) is 5. The van der Waals surface area contributed by atoms with E-state index in [1.54, 1.807) is 36.3 Å². The van der Waals surface area contributed by atoms with Gasteiger partial charge >= 0.3 is 0 Å². The summed E-state index contributed by atoms with van der Waals surface area (Å²) in [5.74, 6) is 1.16. The molecule has 0 aliphatic carbocycles. The van der Waals surface area contributed by atoms with E-state index in [2.05, 4.69) is 15.3 Å². The number of aryl methyl sites for hydroxylation is 2. The number of sulfone groups is 1. The predicted molar refractivity (Wildman–Crippen MR) is 114 cm³/mol. The molecular formula is C20H17N5O3S2. The van der Waals surface area contributed by atoms with E-state index in [4.69, 9.17) is 4.42 Å². The average molecular weight is 440 g/mol. The van der Waals surface area contributed by atoms with Gasteiger partial charge in [0.05, 0.1) is 21.4 Å². The summed E-state index contributed by atoms with van der Waals surface area (Å²) in [5.41, 5.74) is 2.40. The number of aromatic nitrogens is 4. The quantitative estimate of drug-likeness (QED) is 0.415. The summed E-state index contributed by atoms with van der Waals surface area (Å²) in [6.45, 7) is 3.62. The maximum atomic E-state index is 13.5. The topological polar surface area (TPSA) is 93.6 Å². The molecule has 152 valence electrons. The molecule has 0 amide bonds. The van der Waals surface area contributed by atoms with Crippen LogP contribution in [0.2, 0.25) is 0 Å². The summed E-state index contributed by atoms with van der Waals surface area (Å²) >= 11 is 1.49. The first-order chi connectivity index (χ1) is 14.4. The Morgan fingerprint density at radius 2 is 2.00 bits per heavy atom. The molecule has 0 aliphatic rings. The highest BCUT2D eigenvalue weighted by Crippen LogP contribution is 2.35. The standard InChI is InChI=1S/C20H17N5O3S2/c1-12-6-7-13(2)15(11-12)30(26,27)20-19-21-18(24(3)16-5-4-9-28-16)17-14(8-10-29-17)25(19)23-22-20/h4-11H,1-3H3. The summed E-state index contributed by atoms with van der Waals surface area (Å²) in [7, 11) is -2.10. The second-order valence-corrected chi connectivity index (χ2v) is 9.73. The Hall–Kier alpha value is -3.24. The number of benzene rings is 1. The van der Waals surface area contributed by atoms with Gasteiger partial charge in [-0.3, -0.25) is 4.90 Å². The lowest BCUT2D eigenvalue weighted by Crippen LogP contribution is -2.12. The smallest absolute Gasteiger partial charge is 0.229 e. The van der Waals surface area contributed by atoms with E-state index >= 15 is 0 Å². The van der Waals surface area contributed by atoms with Gasteiger partial charge in [0.25, 0.3) is 0 Å². The largest absolute Gasteiger partial charge is 0.448 e. The summed E-state index contributed by atoms with van der Waals surface area (Å²) in [5, 5.41) is 9.89. The van der Waals surface area contributed by atoms with E-state index in [1.165, 1.54) is 15.9 Å². The van der Waals surface area contributed by atoms with E-state index in [1.807, 2.05) is 37.6 Å². The maximum absolute atomic E-state index is 13.5. The van der Waals surface area contributed by atoms with Crippen molar-refractivity contribution in [2.24, 2.45) is 0 Å². The van der Waals surface area contributed by atoms with Gasteiger partial charge in [0.1, 0.15) is 0 Å². The van der Waals surface area contributed by atoms with Gasteiger partial charge in [-0.25, -0.2) is 13.4 Å². The van der Waals surface area contributed by atoms with Crippen molar-refractivity contribution < 1.29 is 12.8 Å². The van der Waals surface area contributed by atoms with Crippen LogP contribution in [0.4, 0.5) is 11.7 Å². The fourth-order valence-electron chi connectivity index (χ4n) is 3.38. The highest BCUT2D eigenvalue weighted by Gasteiger charge is 2.29. The molecule has 0 fully saturated rings. The van der Waals surface area contributed by atoms with Gasteiger partial charge in [0.2, 0.25) is 20.7 Å². The van der Waals surface area contributed by atoms with Crippen LogP contribution >= 0.6 is 11.3 Å². The molecule has 8 nitrogen and oxygen atoms in total. The Balaban J connectivity index is 1.79. The zero-order valence-electron chi connectivity index (χ0n) is 16.4. The van der Waals surface area contributed by atoms with Gasteiger partial charge in [-0.05, 0) is 48.6 Å². The van der Waals surface area contributed by atoms with Crippen LogP contribution < -0.4 is 4.90 Å². The van der Waals surface area contributed by atoms with Crippen LogP contribution in [0.25, 0.3) is 15.9 Å². The van der Waals surface area contributed by atoms with Gasteiger partial charge in [0, 0.05) is 13.1 Å². The van der Waals surface area contributed by atoms with Crippen LogP contribution in [0.5, 0.6) is 0 Å². The lowest BCUT2D eigenvalue weighted by molar-refractivity contribution is 0.569. The second-order valence-electron chi connectivity index (χ2n) is 6.98. The highest BCUT2D eigenvalue weighted by atomic mass is 32.2. The first-order valence-electron chi connectivity index (χ1n) is 9.10. The van der Waals surface area contributed by atoms with E-state index in [-0.39, 0.29) is 15.6 Å². The lowest BCUT2D eigenvalue weighted by Gasteiger charge is -2.16. The van der Waals surface area contributed by atoms with Gasteiger partial charge in [-0.1, -0.05) is 17.3 Å². The molecule has 1 aromatic carbocycles. The van der Waals surface area contributed by atoms with Crippen molar-refractivity contribution in [3.05, 3.63) is 59.2 Å². The van der Waals surface area contributed by atoms with Crippen molar-refractivity contribution in [1.82, 2.24) is 19.8 Å². The number of hydrogen-bond donors (Lipinski definition) is 0. The van der Waals surface area contributed by atoms with Crippen LogP contribution in [-0.2, 0) is 9.84 Å². The van der Waals surface area contributed by atoms with Crippen LogP contribution in [0, 0.1) is 13.8 Å². The molecule has 0 atom stereocenters. The fourth-order valence-corrected chi connectivity index (χ4v) is 5.83. The van der Waals surface area contributed by atoms with Crippen molar-refractivity contribution in [2.45, 2.75) is 23.8 Å². The van der Waals surface area contributed by atoms with Gasteiger partial charge < -0.3 is 4.42 Å². The SMILES string of the molecule is Cc1ccc(C)c(S(=O)(=O)c2nnn3c2nc(N(C)c2ccco2)c2sccc23)c1. The maximum Gasteiger partial charge on any atom is 0.229 e. The molecule has 0 saturated heterocycles. The number of fused-ring (bicyclic) bond motifs is 3. The molecule has 0 bridgehead atoms. The fraction of sp³-hybridized carbons (Fsp3) is 0.150. The van der Waals surface area contributed by atoms with E-state index in [0.717, 1.165) is 15.8 Å². The van der Waals surface area contributed by atoms with Crippen molar-refractivity contribution in [3.63, 3.8) is 0 Å². The molecular weight excluding hydrogens is 422 g/mol. The monoisotopic (exact) mass is 439 g/mol. The van der Waals surface area contributed by atoms with Crippen molar-refractivity contribution in [3.8, 4) is 0 Å². The second kappa shape index (κ2) is 6.64. The zero-order valence-corrected chi connectivity index (χ0v) is 18.0. The highest BCUT2D eigenvalue weighted by molar-refractivity contribution is 7.91. The van der Waals surface area contributed by atoms with Gasteiger partial charge in [-0.2, -0.15) is 4.52 Å². The summed E-state index contributed by atoms with van der Waals surface area (Å²) < 4.78 is 34.8. The molecule has 5 rings (SSSR count). The summed E-state index contributed by atoms with van der Waals surface area (Å²) in [6, 6.07) is 10.8. The van der Waals surface area contributed by atoms with E-state index in [9.17, 15) is 8.42 Å². The minimum Gasteiger partial charge on any atom is -0.448 e. The van der Waals surface area contributed by atoms with E-state index < -0.39 is 9.84 Å². The average Bonchev–Trinajstić information content (AvgIpc) is 3.47. The summed E-state index contributed by atoms with van der Waals surface area (Å²) in [6.07, 6.45) is 1.58. The molecule has 10 heteroatoms. The number of anilines is 2. The van der Waals surface area contributed by atoms with Crippen LogP contribution in [0.3, 0.4) is 0 Å². The minimum absolute atomic E-state index is 0.168. The molecule has 0 unspecified atom stereocenters. The first-order valence-corrected chi connectivity index (χ1v) is 11.5. The third kappa shape index (κ3) is 2.71. The normalized spacial score (nSPS) is 12.1. The Labute approximate surface area is 176 Å². The molecule has 0 saturated carbocycles. The zero-order chi connectivity index (χ0) is 21.0. The third-order valence-electron chi connectivity index (χ3n) is 4.95. The van der Waals surface area contributed by atoms with Crippen LogP contribution in [-0.4, -0.2) is 35.3 Å². The number of thiophene rings is 1. The predicted octanol–water partition coefficient (Wildman–Crippen LogP) is 4.15. The molecule has 5 aromatic rings. The number of furan rings is 1. The first kappa shape index (κ1) is 18.8. The molecule has 4 heterocycles. The van der Waals surface area contributed by atoms with Gasteiger partial charge in [-0.15, -0.1) is 16.4 Å². The van der Waals surface area contributed by atoms with Gasteiger partial charge in [0.15, 0.2) is 11.5 Å². The van der Waals surface area contributed by atoms with Crippen molar-refractivity contribution >= 4 is 48.7 Å². The Morgan fingerprint density at radius 1 is 1.17 bits per heavy atom. The number of rotatable bonds is 4. The van der Waals surface area contributed by atoms with Crippen molar-refractivity contribution in [1.29, 1.82) is 0 Å². The lowest BCUT2D eigenvalue weighted by atomic mass is 10.2. The minimum atomic E-state index is -3.92. The van der Waals surface area contributed by atoms with Crippen LogP contribution in [0.1, 0.15) is 11.1 Å². The van der Waals surface area contributed by atoms with Crippen molar-refractivity contribution in [2.75, 3.05) is 11.9 Å². The molecule has 0 aliphatic heterocycles.